The van der Waals surface area contributed by atoms with Crippen LogP contribution in [0.25, 0.3) is 0 Å². The van der Waals surface area contributed by atoms with E-state index in [1.807, 2.05) is 30.3 Å². The standard InChI is InChI=1S/C23H20N2O4/c1-29-17-9-7-16(8-10-17)24-22(27)19-13-18-20(25-23(19)28)11-15(12-21(18)26)14-5-3-2-4-6-14/h2-10,13,15H,11-12H2,1H3,(H,24,27)(H,25,28)/t15-/m0/s1. The van der Waals surface area contributed by atoms with Crippen LogP contribution in [0.4, 0.5) is 5.69 Å². The predicted octanol–water partition coefficient (Wildman–Crippen LogP) is 3.55. The van der Waals surface area contributed by atoms with E-state index in [0.29, 0.717) is 35.5 Å². The number of carbonyl (C=O) groups is 2. The molecule has 1 aliphatic carbocycles. The minimum absolute atomic E-state index is 0.0193. The Hall–Kier alpha value is -3.67. The number of benzene rings is 2. The summed E-state index contributed by atoms with van der Waals surface area (Å²) in [5.41, 5.74) is 2.01. The van der Waals surface area contributed by atoms with Gasteiger partial charge in [0, 0.05) is 23.4 Å². The van der Waals surface area contributed by atoms with Crippen molar-refractivity contribution in [2.75, 3.05) is 12.4 Å². The van der Waals surface area contributed by atoms with Crippen molar-refractivity contribution in [2.45, 2.75) is 18.8 Å². The first-order valence-corrected chi connectivity index (χ1v) is 9.35. The van der Waals surface area contributed by atoms with E-state index in [1.54, 1.807) is 31.4 Å². The number of aromatic amines is 1. The fraction of sp³-hybridized carbons (Fsp3) is 0.174. The lowest BCUT2D eigenvalue weighted by Crippen LogP contribution is -2.29. The van der Waals surface area contributed by atoms with Crippen LogP contribution < -0.4 is 15.6 Å². The number of aromatic nitrogens is 1. The second-order valence-electron chi connectivity index (χ2n) is 7.03. The van der Waals surface area contributed by atoms with E-state index in [0.717, 1.165) is 5.56 Å². The highest BCUT2D eigenvalue weighted by Crippen LogP contribution is 2.31. The minimum atomic E-state index is -0.558. The molecule has 4 rings (SSSR count). The SMILES string of the molecule is COc1ccc(NC(=O)c2cc3c([nH]c2=O)C[C@H](c2ccccc2)CC3=O)cc1. The molecule has 2 N–H and O–H groups in total. The number of ketones is 1. The molecule has 0 radical (unpaired) electrons. The van der Waals surface area contributed by atoms with Gasteiger partial charge in [0.25, 0.3) is 11.5 Å². The van der Waals surface area contributed by atoms with Gasteiger partial charge in [-0.05, 0) is 48.2 Å². The van der Waals surface area contributed by atoms with Gasteiger partial charge in [-0.2, -0.15) is 0 Å². The number of ether oxygens (including phenoxy) is 1. The van der Waals surface area contributed by atoms with E-state index in [2.05, 4.69) is 10.3 Å². The van der Waals surface area contributed by atoms with Crippen LogP contribution >= 0.6 is 0 Å². The molecule has 1 atom stereocenters. The summed E-state index contributed by atoms with van der Waals surface area (Å²) in [6.07, 6.45) is 0.906. The number of carbonyl (C=O) groups excluding carboxylic acids is 2. The molecule has 0 saturated carbocycles. The predicted molar refractivity (Wildman–Crippen MR) is 110 cm³/mol. The van der Waals surface area contributed by atoms with E-state index in [-0.39, 0.29) is 17.3 Å². The molecule has 0 saturated heterocycles. The summed E-state index contributed by atoms with van der Waals surface area (Å²) in [5.74, 6) is 0.0473. The van der Waals surface area contributed by atoms with Crippen molar-refractivity contribution in [1.29, 1.82) is 0 Å². The third kappa shape index (κ3) is 3.82. The summed E-state index contributed by atoms with van der Waals surface area (Å²) in [6.45, 7) is 0. The Morgan fingerprint density at radius 2 is 1.76 bits per heavy atom. The Balaban J connectivity index is 1.59. The molecule has 0 spiro atoms. The Morgan fingerprint density at radius 1 is 1.03 bits per heavy atom. The number of H-pyrrole nitrogens is 1. The van der Waals surface area contributed by atoms with Crippen LogP contribution in [0, 0.1) is 0 Å². The lowest BCUT2D eigenvalue weighted by Gasteiger charge is -2.24. The van der Waals surface area contributed by atoms with E-state index < -0.39 is 11.5 Å². The first kappa shape index (κ1) is 18.7. The van der Waals surface area contributed by atoms with Gasteiger partial charge in [-0.25, -0.2) is 0 Å². The number of nitrogens with one attached hydrogen (secondary N) is 2. The molecule has 1 amide bonds. The Labute approximate surface area is 167 Å². The van der Waals surface area contributed by atoms with Crippen molar-refractivity contribution in [3.63, 3.8) is 0 Å². The average Bonchev–Trinajstić information content (AvgIpc) is 2.74. The number of hydrogen-bond donors (Lipinski definition) is 2. The largest absolute Gasteiger partial charge is 0.497 e. The van der Waals surface area contributed by atoms with E-state index in [9.17, 15) is 14.4 Å². The summed E-state index contributed by atoms with van der Waals surface area (Å²) < 4.78 is 5.09. The molecule has 1 aliphatic rings. The highest BCUT2D eigenvalue weighted by molar-refractivity contribution is 6.06. The number of pyridine rings is 1. The van der Waals surface area contributed by atoms with Crippen molar-refractivity contribution in [3.05, 3.63) is 93.4 Å². The molecular weight excluding hydrogens is 368 g/mol. The average molecular weight is 388 g/mol. The highest BCUT2D eigenvalue weighted by atomic mass is 16.5. The first-order chi connectivity index (χ1) is 14.0. The maximum absolute atomic E-state index is 12.7. The van der Waals surface area contributed by atoms with Crippen molar-refractivity contribution in [1.82, 2.24) is 4.98 Å². The summed E-state index contributed by atoms with van der Waals surface area (Å²) >= 11 is 0. The van der Waals surface area contributed by atoms with Crippen molar-refractivity contribution in [2.24, 2.45) is 0 Å². The van der Waals surface area contributed by atoms with E-state index >= 15 is 0 Å². The molecule has 0 aliphatic heterocycles. The molecule has 2 aromatic carbocycles. The first-order valence-electron chi connectivity index (χ1n) is 9.35. The minimum Gasteiger partial charge on any atom is -0.497 e. The fourth-order valence-electron chi connectivity index (χ4n) is 3.63. The number of rotatable bonds is 4. The zero-order chi connectivity index (χ0) is 20.4. The normalized spacial score (nSPS) is 15.5. The Kier molecular flexibility index (Phi) is 4.99. The molecular formula is C23H20N2O4. The smallest absolute Gasteiger partial charge is 0.261 e. The van der Waals surface area contributed by atoms with Gasteiger partial charge in [0.2, 0.25) is 0 Å². The van der Waals surface area contributed by atoms with Gasteiger partial charge in [-0.3, -0.25) is 14.4 Å². The quantitative estimate of drug-likeness (QED) is 0.715. The molecule has 1 heterocycles. The topological polar surface area (TPSA) is 88.3 Å². The highest BCUT2D eigenvalue weighted by Gasteiger charge is 2.28. The number of amides is 1. The third-order valence-electron chi connectivity index (χ3n) is 5.17. The molecule has 0 bridgehead atoms. The van der Waals surface area contributed by atoms with Gasteiger partial charge in [0.1, 0.15) is 11.3 Å². The van der Waals surface area contributed by atoms with E-state index in [1.165, 1.54) is 6.07 Å². The summed E-state index contributed by atoms with van der Waals surface area (Å²) in [4.78, 5) is 40.6. The van der Waals surface area contributed by atoms with Crippen LogP contribution in [-0.2, 0) is 6.42 Å². The summed E-state index contributed by atoms with van der Waals surface area (Å²) in [5, 5.41) is 2.68. The molecule has 1 aromatic heterocycles. The zero-order valence-electron chi connectivity index (χ0n) is 15.9. The number of fused-ring (bicyclic) bond motifs is 1. The van der Waals surface area contributed by atoms with Crippen molar-refractivity contribution in [3.8, 4) is 5.75 Å². The molecule has 0 unspecified atom stereocenters. The maximum atomic E-state index is 12.7. The maximum Gasteiger partial charge on any atom is 0.261 e. The van der Waals surface area contributed by atoms with Crippen LogP contribution in [0.2, 0.25) is 0 Å². The van der Waals surface area contributed by atoms with Gasteiger partial charge in [-0.1, -0.05) is 30.3 Å². The van der Waals surface area contributed by atoms with E-state index in [4.69, 9.17) is 4.74 Å². The molecule has 29 heavy (non-hydrogen) atoms. The van der Waals surface area contributed by atoms with Crippen molar-refractivity contribution >= 4 is 17.4 Å². The molecule has 6 heteroatoms. The number of anilines is 1. The lowest BCUT2D eigenvalue weighted by atomic mass is 9.81. The second-order valence-corrected chi connectivity index (χ2v) is 7.03. The van der Waals surface area contributed by atoms with Gasteiger partial charge in [0.05, 0.1) is 7.11 Å². The number of methoxy groups -OCH3 is 1. The van der Waals surface area contributed by atoms with Crippen LogP contribution in [0.3, 0.4) is 0 Å². The lowest BCUT2D eigenvalue weighted by molar-refractivity contribution is 0.0963. The van der Waals surface area contributed by atoms with Crippen molar-refractivity contribution < 1.29 is 14.3 Å². The molecule has 146 valence electrons. The summed E-state index contributed by atoms with van der Waals surface area (Å²) in [6, 6.07) is 18.0. The van der Waals surface area contributed by atoms with Crippen LogP contribution in [-0.4, -0.2) is 23.8 Å². The Morgan fingerprint density at radius 3 is 2.45 bits per heavy atom. The van der Waals surface area contributed by atoms with Gasteiger partial charge in [0.15, 0.2) is 5.78 Å². The fourth-order valence-corrected chi connectivity index (χ4v) is 3.63. The van der Waals surface area contributed by atoms with Gasteiger partial charge in [-0.15, -0.1) is 0 Å². The van der Waals surface area contributed by atoms with Crippen LogP contribution in [0.5, 0.6) is 5.75 Å². The van der Waals surface area contributed by atoms with Crippen LogP contribution in [0.1, 0.15) is 44.3 Å². The number of hydrogen-bond acceptors (Lipinski definition) is 4. The second kappa shape index (κ2) is 7.75. The molecule has 6 nitrogen and oxygen atoms in total. The summed E-state index contributed by atoms with van der Waals surface area (Å²) in [7, 11) is 1.56. The molecule has 0 fully saturated rings. The monoisotopic (exact) mass is 388 g/mol. The Bertz CT molecular complexity index is 1120. The third-order valence-corrected chi connectivity index (χ3v) is 5.17. The van der Waals surface area contributed by atoms with Crippen LogP contribution in [0.15, 0.2) is 65.5 Å². The van der Waals surface area contributed by atoms with Gasteiger partial charge < -0.3 is 15.0 Å². The van der Waals surface area contributed by atoms with Gasteiger partial charge >= 0.3 is 0 Å². The number of Topliss-reactive ketones (excluding diaryl/α,β-unsaturated/α-hetero) is 1. The molecule has 3 aromatic rings. The zero-order valence-corrected chi connectivity index (χ0v) is 15.9.